The highest BCUT2D eigenvalue weighted by molar-refractivity contribution is 6.30. The number of carbonyl (C=O) groups is 3. The van der Waals surface area contributed by atoms with Gasteiger partial charge in [-0.3, -0.25) is 14.5 Å². The molecule has 0 aliphatic carbocycles. The molecule has 186 valence electrons. The molecular weight excluding hydrogens is 452 g/mol. The Morgan fingerprint density at radius 2 is 1.85 bits per heavy atom. The Bertz CT molecular complexity index is 907. The zero-order valence-electron chi connectivity index (χ0n) is 20.7. The number of amides is 4. The molecule has 1 aromatic carbocycles. The number of hydrogen-bond donors (Lipinski definition) is 1. The van der Waals surface area contributed by atoms with Gasteiger partial charge in [0, 0.05) is 37.3 Å². The van der Waals surface area contributed by atoms with Gasteiger partial charge in [-0.2, -0.15) is 0 Å². The number of likely N-dealkylation sites (tertiary alicyclic amines) is 1. The highest BCUT2D eigenvalue weighted by Gasteiger charge is 2.55. The van der Waals surface area contributed by atoms with Crippen LogP contribution >= 0.6 is 11.6 Å². The Morgan fingerprint density at radius 1 is 1.21 bits per heavy atom. The summed E-state index contributed by atoms with van der Waals surface area (Å²) >= 11 is 5.92. The Kier molecular flexibility index (Phi) is 8.77. The van der Waals surface area contributed by atoms with E-state index in [-0.39, 0.29) is 23.8 Å². The van der Waals surface area contributed by atoms with Crippen molar-refractivity contribution in [3.63, 3.8) is 0 Å². The van der Waals surface area contributed by atoms with Gasteiger partial charge < -0.3 is 15.1 Å². The van der Waals surface area contributed by atoms with Crippen molar-refractivity contribution in [1.82, 2.24) is 20.0 Å². The van der Waals surface area contributed by atoms with Gasteiger partial charge >= 0.3 is 6.03 Å². The van der Waals surface area contributed by atoms with E-state index in [1.165, 1.54) is 4.90 Å². The van der Waals surface area contributed by atoms with Gasteiger partial charge in [-0.1, -0.05) is 37.6 Å². The first-order chi connectivity index (χ1) is 16.1. The minimum Gasteiger partial charge on any atom is -0.339 e. The maximum Gasteiger partial charge on any atom is 0.325 e. The molecule has 2 aliphatic rings. The molecule has 7 nitrogen and oxygen atoms in total. The molecule has 4 amide bonds. The molecule has 1 aromatic rings. The molecule has 0 aromatic heterocycles. The minimum atomic E-state index is -0.873. The molecule has 0 saturated carbocycles. The molecule has 0 radical (unpaired) electrons. The Balaban J connectivity index is 1.67. The zero-order valence-corrected chi connectivity index (χ0v) is 21.5. The van der Waals surface area contributed by atoms with E-state index in [2.05, 4.69) is 19.2 Å². The predicted molar refractivity (Wildman–Crippen MR) is 135 cm³/mol. The second-order valence-electron chi connectivity index (χ2n) is 10.1. The lowest BCUT2D eigenvalue weighted by Gasteiger charge is -2.41. The van der Waals surface area contributed by atoms with E-state index in [9.17, 15) is 14.4 Å². The van der Waals surface area contributed by atoms with Crippen LogP contribution in [0, 0.1) is 11.8 Å². The summed E-state index contributed by atoms with van der Waals surface area (Å²) in [5, 5.41) is 3.76. The molecule has 0 unspecified atom stereocenters. The lowest BCUT2D eigenvalue weighted by atomic mass is 9.74. The zero-order chi connectivity index (χ0) is 24.9. The van der Waals surface area contributed by atoms with Gasteiger partial charge in [0.15, 0.2) is 0 Å². The number of benzene rings is 1. The van der Waals surface area contributed by atoms with Gasteiger partial charge in [0.05, 0.1) is 0 Å². The number of halogens is 1. The normalized spacial score (nSPS) is 21.9. The summed E-state index contributed by atoms with van der Waals surface area (Å²) in [6, 6.07) is 7.03. The van der Waals surface area contributed by atoms with Gasteiger partial charge in [-0.15, -0.1) is 0 Å². The number of urea groups is 1. The van der Waals surface area contributed by atoms with Crippen molar-refractivity contribution >= 4 is 35.5 Å². The second-order valence-corrected chi connectivity index (χ2v) is 10.5. The van der Waals surface area contributed by atoms with Gasteiger partial charge in [0.1, 0.15) is 5.54 Å². The van der Waals surface area contributed by atoms with Crippen molar-refractivity contribution < 1.29 is 14.4 Å². The van der Waals surface area contributed by atoms with Crippen LogP contribution in [0.15, 0.2) is 30.3 Å². The van der Waals surface area contributed by atoms with Crippen LogP contribution < -0.4 is 5.32 Å². The second kappa shape index (κ2) is 11.4. The molecule has 3 rings (SSSR count). The first kappa shape index (κ1) is 26.2. The molecule has 1 atom stereocenters. The molecule has 8 heteroatoms. The third-order valence-corrected chi connectivity index (χ3v) is 7.13. The van der Waals surface area contributed by atoms with Crippen LogP contribution in [-0.4, -0.2) is 78.4 Å². The Hall–Kier alpha value is -2.38. The largest absolute Gasteiger partial charge is 0.339 e. The van der Waals surface area contributed by atoms with Gasteiger partial charge in [-0.25, -0.2) is 4.79 Å². The fourth-order valence-corrected chi connectivity index (χ4v) is 4.88. The maximum absolute atomic E-state index is 13.6. The van der Waals surface area contributed by atoms with Crippen molar-refractivity contribution in [2.45, 2.75) is 45.1 Å². The number of piperidine rings is 1. The maximum atomic E-state index is 13.6. The Labute approximate surface area is 208 Å². The van der Waals surface area contributed by atoms with E-state index in [0.717, 1.165) is 12.0 Å². The van der Waals surface area contributed by atoms with E-state index >= 15 is 0 Å². The number of imide groups is 1. The lowest BCUT2D eigenvalue weighted by molar-refractivity contribution is -0.135. The molecule has 2 aliphatic heterocycles. The van der Waals surface area contributed by atoms with Crippen LogP contribution in [0.25, 0.3) is 6.08 Å². The third kappa shape index (κ3) is 6.19. The fraction of sp³-hybridized carbons (Fsp3) is 0.577. The first-order valence-electron chi connectivity index (χ1n) is 12.1. The minimum absolute atomic E-state index is 0.0105. The quantitative estimate of drug-likeness (QED) is 0.423. The SMILES string of the molecule is CC(C)CC[C@]1(C2CCN(C(=O)/C=C/c3ccc(Cl)cc3)CC2)NC(=O)N(CCN(C)C)C1=O. The van der Waals surface area contributed by atoms with E-state index in [1.807, 2.05) is 36.0 Å². The molecule has 2 fully saturated rings. The number of nitrogens with zero attached hydrogens (tertiary/aromatic N) is 3. The summed E-state index contributed by atoms with van der Waals surface area (Å²) in [5.41, 5.74) is 0.0412. The lowest BCUT2D eigenvalue weighted by Crippen LogP contribution is -2.56. The van der Waals surface area contributed by atoms with Crippen LogP contribution in [-0.2, 0) is 9.59 Å². The summed E-state index contributed by atoms with van der Waals surface area (Å²) in [7, 11) is 3.86. The fourth-order valence-electron chi connectivity index (χ4n) is 4.75. The van der Waals surface area contributed by atoms with E-state index in [4.69, 9.17) is 11.6 Å². The third-order valence-electron chi connectivity index (χ3n) is 6.88. The summed E-state index contributed by atoms with van der Waals surface area (Å²) < 4.78 is 0. The summed E-state index contributed by atoms with van der Waals surface area (Å²) in [6.45, 7) is 6.41. The van der Waals surface area contributed by atoms with Gasteiger partial charge in [-0.05, 0) is 75.4 Å². The van der Waals surface area contributed by atoms with Crippen molar-refractivity contribution in [3.05, 3.63) is 40.9 Å². The van der Waals surface area contributed by atoms with Gasteiger partial charge in [0.2, 0.25) is 5.91 Å². The van der Waals surface area contributed by atoms with Crippen LogP contribution in [0.4, 0.5) is 4.79 Å². The van der Waals surface area contributed by atoms with E-state index < -0.39 is 5.54 Å². The van der Waals surface area contributed by atoms with Crippen LogP contribution in [0.1, 0.15) is 45.1 Å². The van der Waals surface area contributed by atoms with E-state index in [1.54, 1.807) is 24.3 Å². The van der Waals surface area contributed by atoms with Crippen molar-refractivity contribution in [2.24, 2.45) is 11.8 Å². The van der Waals surface area contributed by atoms with Crippen LogP contribution in [0.3, 0.4) is 0 Å². The number of rotatable bonds is 9. The van der Waals surface area contributed by atoms with Crippen molar-refractivity contribution in [2.75, 3.05) is 40.3 Å². The average Bonchev–Trinajstić information content (AvgIpc) is 3.05. The summed E-state index contributed by atoms with van der Waals surface area (Å²) in [6.07, 6.45) is 6.24. The van der Waals surface area contributed by atoms with E-state index in [0.29, 0.717) is 56.4 Å². The highest BCUT2D eigenvalue weighted by Crippen LogP contribution is 2.38. The molecule has 0 spiro atoms. The first-order valence-corrected chi connectivity index (χ1v) is 12.5. The molecule has 34 heavy (non-hydrogen) atoms. The van der Waals surface area contributed by atoms with Crippen molar-refractivity contribution in [1.29, 1.82) is 0 Å². The number of carbonyl (C=O) groups excluding carboxylic acids is 3. The summed E-state index contributed by atoms with van der Waals surface area (Å²) in [5.74, 6) is 0.292. The van der Waals surface area contributed by atoms with Crippen LogP contribution in [0.2, 0.25) is 5.02 Å². The molecular formula is C26H37ClN4O3. The standard InChI is InChI=1S/C26H37ClN4O3/c1-19(2)11-14-26(24(33)31(25(34)28-26)18-17-29(3)4)21-12-15-30(16-13-21)23(32)10-7-20-5-8-22(27)9-6-20/h5-10,19,21H,11-18H2,1-4H3,(H,28,34)/b10-7+/t26-/m1/s1. The summed E-state index contributed by atoms with van der Waals surface area (Å²) in [4.78, 5) is 44.3. The van der Waals surface area contributed by atoms with Crippen LogP contribution in [0.5, 0.6) is 0 Å². The molecule has 1 N–H and O–H groups in total. The predicted octanol–water partition coefficient (Wildman–Crippen LogP) is 3.88. The number of nitrogens with one attached hydrogen (secondary N) is 1. The average molecular weight is 489 g/mol. The molecule has 2 saturated heterocycles. The number of likely N-dealkylation sites (N-methyl/N-ethyl adjacent to an activating group) is 1. The highest BCUT2D eigenvalue weighted by atomic mass is 35.5. The monoisotopic (exact) mass is 488 g/mol. The van der Waals surface area contributed by atoms with Gasteiger partial charge in [0.25, 0.3) is 5.91 Å². The topological polar surface area (TPSA) is 73.0 Å². The smallest absolute Gasteiger partial charge is 0.325 e. The number of hydrogen-bond acceptors (Lipinski definition) is 4. The molecule has 2 heterocycles. The Morgan fingerprint density at radius 3 is 2.44 bits per heavy atom. The van der Waals surface area contributed by atoms with Crippen molar-refractivity contribution in [3.8, 4) is 0 Å². The molecule has 0 bridgehead atoms.